The van der Waals surface area contributed by atoms with Crippen LogP contribution in [0.5, 0.6) is 5.75 Å². The summed E-state index contributed by atoms with van der Waals surface area (Å²) in [6, 6.07) is 12.1. The molecule has 1 aliphatic heterocycles. The minimum Gasteiger partial charge on any atom is -0.495 e. The number of carbonyl (C=O) groups is 2. The van der Waals surface area contributed by atoms with Crippen molar-refractivity contribution in [1.29, 1.82) is 0 Å². The van der Waals surface area contributed by atoms with Gasteiger partial charge in [0, 0.05) is 18.7 Å². The van der Waals surface area contributed by atoms with E-state index in [2.05, 4.69) is 10.6 Å². The molecule has 0 radical (unpaired) electrons. The highest BCUT2D eigenvalue weighted by Crippen LogP contribution is 2.24. The van der Waals surface area contributed by atoms with Gasteiger partial charge in [0.15, 0.2) is 0 Å². The summed E-state index contributed by atoms with van der Waals surface area (Å²) in [5, 5.41) is 5.46. The summed E-state index contributed by atoms with van der Waals surface area (Å²) in [5.74, 6) is -0.0228. The van der Waals surface area contributed by atoms with Crippen LogP contribution < -0.4 is 20.3 Å². The molecule has 0 saturated carbocycles. The number of rotatable bonds is 4. The number of hydrogen-bond donors (Lipinski definition) is 2. The first-order valence-electron chi connectivity index (χ1n) is 7.83. The fraction of sp³-hybridized carbons (Fsp3) is 0.222. The Morgan fingerprint density at radius 2 is 2.04 bits per heavy atom. The van der Waals surface area contributed by atoms with Gasteiger partial charge in [0.1, 0.15) is 11.6 Å². The lowest BCUT2D eigenvalue weighted by atomic mass is 10.2. The standard InChI is InChI=1S/C18H18FN3O3/c1-25-16-8-3-2-7-15(16)21-18(24)20-13-10-17(23)22(11-13)14-6-4-5-12(19)9-14/h2-9,13H,10-11H2,1H3,(H2,20,21,24)/t13-/m1/s1. The van der Waals surface area contributed by atoms with Gasteiger partial charge < -0.3 is 20.3 Å². The largest absolute Gasteiger partial charge is 0.495 e. The van der Waals surface area contributed by atoms with Gasteiger partial charge in [-0.15, -0.1) is 0 Å². The van der Waals surface area contributed by atoms with E-state index in [1.54, 1.807) is 36.4 Å². The normalized spacial score (nSPS) is 16.6. The number of nitrogens with one attached hydrogen (secondary N) is 2. The van der Waals surface area contributed by atoms with E-state index in [-0.39, 0.29) is 18.4 Å². The second kappa shape index (κ2) is 7.21. The van der Waals surface area contributed by atoms with E-state index in [9.17, 15) is 14.0 Å². The van der Waals surface area contributed by atoms with E-state index in [1.807, 2.05) is 0 Å². The highest BCUT2D eigenvalue weighted by atomic mass is 19.1. The third-order valence-corrected chi connectivity index (χ3v) is 3.94. The Kier molecular flexibility index (Phi) is 4.83. The number of anilines is 2. The summed E-state index contributed by atoms with van der Waals surface area (Å²) >= 11 is 0. The number of methoxy groups -OCH3 is 1. The van der Waals surface area contributed by atoms with Crippen molar-refractivity contribution in [2.75, 3.05) is 23.9 Å². The van der Waals surface area contributed by atoms with E-state index in [0.29, 0.717) is 23.7 Å². The SMILES string of the molecule is COc1ccccc1NC(=O)N[C@@H]1CC(=O)N(c2cccc(F)c2)C1. The molecule has 1 atom stereocenters. The molecule has 1 heterocycles. The first kappa shape index (κ1) is 16.8. The summed E-state index contributed by atoms with van der Waals surface area (Å²) in [5.41, 5.74) is 1.02. The molecule has 6 nitrogen and oxygen atoms in total. The Morgan fingerprint density at radius 3 is 2.80 bits per heavy atom. The van der Waals surface area contributed by atoms with Gasteiger partial charge in [-0.05, 0) is 30.3 Å². The van der Waals surface area contributed by atoms with Crippen LogP contribution in [0.3, 0.4) is 0 Å². The maximum atomic E-state index is 13.3. The molecule has 2 aromatic carbocycles. The van der Waals surface area contributed by atoms with Crippen LogP contribution in [-0.2, 0) is 4.79 Å². The molecule has 0 spiro atoms. The molecule has 130 valence electrons. The molecule has 0 aromatic heterocycles. The van der Waals surface area contributed by atoms with Crippen LogP contribution in [0.25, 0.3) is 0 Å². The van der Waals surface area contributed by atoms with Crippen molar-refractivity contribution in [2.24, 2.45) is 0 Å². The van der Waals surface area contributed by atoms with Crippen LogP contribution in [0.15, 0.2) is 48.5 Å². The van der Waals surface area contributed by atoms with E-state index in [0.717, 1.165) is 0 Å². The van der Waals surface area contributed by atoms with Crippen molar-refractivity contribution < 1.29 is 18.7 Å². The molecule has 0 aliphatic carbocycles. The van der Waals surface area contributed by atoms with Gasteiger partial charge >= 0.3 is 6.03 Å². The average molecular weight is 343 g/mol. The van der Waals surface area contributed by atoms with Crippen molar-refractivity contribution in [1.82, 2.24) is 5.32 Å². The molecular weight excluding hydrogens is 325 g/mol. The molecule has 0 bridgehead atoms. The number of hydrogen-bond acceptors (Lipinski definition) is 3. The lowest BCUT2D eigenvalue weighted by Gasteiger charge is -2.18. The Balaban J connectivity index is 1.62. The predicted molar refractivity (Wildman–Crippen MR) is 92.3 cm³/mol. The zero-order valence-electron chi connectivity index (χ0n) is 13.7. The molecule has 25 heavy (non-hydrogen) atoms. The highest BCUT2D eigenvalue weighted by Gasteiger charge is 2.31. The Morgan fingerprint density at radius 1 is 1.24 bits per heavy atom. The van der Waals surface area contributed by atoms with Gasteiger partial charge in [-0.1, -0.05) is 18.2 Å². The summed E-state index contributed by atoms with van der Waals surface area (Å²) in [4.78, 5) is 25.8. The molecule has 2 aromatic rings. The number of ether oxygens (including phenoxy) is 1. The molecular formula is C18H18FN3O3. The van der Waals surface area contributed by atoms with Gasteiger partial charge in [0.25, 0.3) is 0 Å². The minimum atomic E-state index is -0.427. The van der Waals surface area contributed by atoms with Gasteiger partial charge in [0.05, 0.1) is 18.8 Å². The average Bonchev–Trinajstić information content (AvgIpc) is 2.95. The molecule has 3 amide bonds. The second-order valence-corrected chi connectivity index (χ2v) is 5.68. The third-order valence-electron chi connectivity index (χ3n) is 3.94. The number of urea groups is 1. The molecule has 0 unspecified atom stereocenters. The maximum absolute atomic E-state index is 13.3. The van der Waals surface area contributed by atoms with Crippen molar-refractivity contribution in [3.05, 3.63) is 54.3 Å². The van der Waals surface area contributed by atoms with Gasteiger partial charge in [-0.25, -0.2) is 9.18 Å². The highest BCUT2D eigenvalue weighted by molar-refractivity contribution is 5.97. The summed E-state index contributed by atoms with van der Waals surface area (Å²) in [6.07, 6.45) is 0.163. The van der Waals surface area contributed by atoms with Gasteiger partial charge in [0.2, 0.25) is 5.91 Å². The van der Waals surface area contributed by atoms with Crippen LogP contribution >= 0.6 is 0 Å². The topological polar surface area (TPSA) is 70.7 Å². The molecule has 1 saturated heterocycles. The fourth-order valence-electron chi connectivity index (χ4n) is 2.79. The summed E-state index contributed by atoms with van der Waals surface area (Å²) < 4.78 is 18.5. The summed E-state index contributed by atoms with van der Waals surface area (Å²) in [7, 11) is 1.52. The maximum Gasteiger partial charge on any atom is 0.319 e. The Bertz CT molecular complexity index is 797. The van der Waals surface area contributed by atoms with Crippen molar-refractivity contribution in [2.45, 2.75) is 12.5 Å². The monoisotopic (exact) mass is 343 g/mol. The smallest absolute Gasteiger partial charge is 0.319 e. The number of nitrogens with zero attached hydrogens (tertiary/aromatic N) is 1. The van der Waals surface area contributed by atoms with Crippen LogP contribution in [0.2, 0.25) is 0 Å². The van der Waals surface area contributed by atoms with E-state index in [1.165, 1.54) is 24.1 Å². The molecule has 3 rings (SSSR count). The first-order chi connectivity index (χ1) is 12.1. The van der Waals surface area contributed by atoms with Gasteiger partial charge in [-0.3, -0.25) is 4.79 Å². The zero-order valence-corrected chi connectivity index (χ0v) is 13.7. The lowest BCUT2D eigenvalue weighted by molar-refractivity contribution is -0.117. The van der Waals surface area contributed by atoms with Crippen LogP contribution in [-0.4, -0.2) is 31.6 Å². The number of carbonyl (C=O) groups excluding carboxylic acids is 2. The van der Waals surface area contributed by atoms with Crippen LogP contribution in [0, 0.1) is 5.82 Å². The molecule has 1 fully saturated rings. The molecule has 2 N–H and O–H groups in total. The Labute approximate surface area is 144 Å². The lowest BCUT2D eigenvalue weighted by Crippen LogP contribution is -2.39. The number of amides is 3. The van der Waals surface area contributed by atoms with E-state index >= 15 is 0 Å². The van der Waals surface area contributed by atoms with E-state index < -0.39 is 11.8 Å². The van der Waals surface area contributed by atoms with Gasteiger partial charge in [-0.2, -0.15) is 0 Å². The summed E-state index contributed by atoms with van der Waals surface area (Å²) in [6.45, 7) is 0.293. The third kappa shape index (κ3) is 3.88. The quantitative estimate of drug-likeness (QED) is 0.897. The van der Waals surface area contributed by atoms with Crippen molar-refractivity contribution in [3.8, 4) is 5.75 Å². The number of para-hydroxylation sites is 2. The van der Waals surface area contributed by atoms with E-state index in [4.69, 9.17) is 4.74 Å². The molecule has 1 aliphatic rings. The fourth-order valence-corrected chi connectivity index (χ4v) is 2.79. The first-order valence-corrected chi connectivity index (χ1v) is 7.83. The van der Waals surface area contributed by atoms with Crippen LogP contribution in [0.4, 0.5) is 20.6 Å². The number of benzene rings is 2. The van der Waals surface area contributed by atoms with Crippen molar-refractivity contribution >= 4 is 23.3 Å². The molecule has 7 heteroatoms. The predicted octanol–water partition coefficient (Wildman–Crippen LogP) is 2.76. The zero-order chi connectivity index (χ0) is 17.8. The Hall–Kier alpha value is -3.09. The number of halogens is 1. The van der Waals surface area contributed by atoms with Crippen molar-refractivity contribution in [3.63, 3.8) is 0 Å². The minimum absolute atomic E-state index is 0.159. The van der Waals surface area contributed by atoms with Crippen LogP contribution in [0.1, 0.15) is 6.42 Å². The second-order valence-electron chi connectivity index (χ2n) is 5.68.